The van der Waals surface area contributed by atoms with Crippen LogP contribution in [-0.2, 0) is 11.3 Å². The Morgan fingerprint density at radius 1 is 1.28 bits per heavy atom. The van der Waals surface area contributed by atoms with Crippen LogP contribution in [-0.4, -0.2) is 17.1 Å². The van der Waals surface area contributed by atoms with E-state index in [9.17, 15) is 4.79 Å². The largest absolute Gasteiger partial charge is 0.461 e. The van der Waals surface area contributed by atoms with Crippen molar-refractivity contribution in [3.8, 4) is 0 Å². The highest BCUT2D eigenvalue weighted by atomic mass is 16.5. The highest BCUT2D eigenvalue weighted by Gasteiger charge is 2.15. The number of para-hydroxylation sites is 1. The summed E-state index contributed by atoms with van der Waals surface area (Å²) < 4.78 is 7.18. The predicted molar refractivity (Wildman–Crippen MR) is 72.8 cm³/mol. The summed E-state index contributed by atoms with van der Waals surface area (Å²) in [6.45, 7) is 5.25. The van der Waals surface area contributed by atoms with Crippen molar-refractivity contribution in [2.24, 2.45) is 0 Å². The molecule has 0 spiro atoms. The SMILES string of the molecule is CCCCn1c(C(=O)OCC)cc2ccccc21. The maximum Gasteiger partial charge on any atom is 0.354 e. The number of rotatable bonds is 5. The third kappa shape index (κ3) is 2.40. The minimum absolute atomic E-state index is 0.232. The molecule has 0 amide bonds. The van der Waals surface area contributed by atoms with E-state index in [4.69, 9.17) is 4.74 Å². The molecule has 0 saturated heterocycles. The molecule has 0 unspecified atom stereocenters. The summed E-state index contributed by atoms with van der Waals surface area (Å²) in [5, 5.41) is 1.09. The van der Waals surface area contributed by atoms with E-state index in [1.165, 1.54) is 0 Å². The van der Waals surface area contributed by atoms with Gasteiger partial charge in [-0.15, -0.1) is 0 Å². The number of esters is 1. The van der Waals surface area contributed by atoms with Crippen LogP contribution in [0.5, 0.6) is 0 Å². The summed E-state index contributed by atoms with van der Waals surface area (Å²) in [4.78, 5) is 12.0. The van der Waals surface area contributed by atoms with Crippen molar-refractivity contribution in [3.63, 3.8) is 0 Å². The zero-order chi connectivity index (χ0) is 13.0. The third-order valence-corrected chi connectivity index (χ3v) is 3.03. The number of nitrogens with zero attached hydrogens (tertiary/aromatic N) is 1. The van der Waals surface area contributed by atoms with Crippen LogP contribution in [0.25, 0.3) is 10.9 Å². The van der Waals surface area contributed by atoms with Gasteiger partial charge in [-0.25, -0.2) is 4.79 Å². The first-order chi connectivity index (χ1) is 8.77. The number of benzene rings is 1. The van der Waals surface area contributed by atoms with Crippen LogP contribution in [0.2, 0.25) is 0 Å². The van der Waals surface area contributed by atoms with Gasteiger partial charge in [0.1, 0.15) is 5.69 Å². The van der Waals surface area contributed by atoms with E-state index in [1.807, 2.05) is 37.3 Å². The van der Waals surface area contributed by atoms with Gasteiger partial charge in [-0.3, -0.25) is 0 Å². The first-order valence-corrected chi connectivity index (χ1v) is 6.53. The first-order valence-electron chi connectivity index (χ1n) is 6.53. The maximum atomic E-state index is 12.0. The van der Waals surface area contributed by atoms with E-state index in [2.05, 4.69) is 11.5 Å². The molecule has 2 aromatic rings. The van der Waals surface area contributed by atoms with Gasteiger partial charge in [0.05, 0.1) is 6.61 Å². The average molecular weight is 245 g/mol. The molecule has 18 heavy (non-hydrogen) atoms. The number of fused-ring (bicyclic) bond motifs is 1. The predicted octanol–water partition coefficient (Wildman–Crippen LogP) is 3.62. The van der Waals surface area contributed by atoms with Crippen LogP contribution in [0, 0.1) is 0 Å². The number of ether oxygens (including phenoxy) is 1. The van der Waals surface area contributed by atoms with Gasteiger partial charge in [0, 0.05) is 17.4 Å². The van der Waals surface area contributed by atoms with Crippen LogP contribution in [0.15, 0.2) is 30.3 Å². The lowest BCUT2D eigenvalue weighted by atomic mass is 10.2. The topological polar surface area (TPSA) is 31.2 Å². The van der Waals surface area contributed by atoms with Gasteiger partial charge < -0.3 is 9.30 Å². The molecule has 2 rings (SSSR count). The van der Waals surface area contributed by atoms with Crippen LogP contribution < -0.4 is 0 Å². The molecular formula is C15H19NO2. The summed E-state index contributed by atoms with van der Waals surface area (Å²) in [6.07, 6.45) is 2.17. The molecule has 96 valence electrons. The van der Waals surface area contributed by atoms with Gasteiger partial charge in [0.2, 0.25) is 0 Å². The van der Waals surface area contributed by atoms with Crippen LogP contribution in [0.4, 0.5) is 0 Å². The summed E-state index contributed by atoms with van der Waals surface area (Å²) in [5.41, 5.74) is 1.76. The molecule has 0 fully saturated rings. The normalized spacial score (nSPS) is 10.8. The molecule has 1 aromatic carbocycles. The van der Waals surface area contributed by atoms with Crippen LogP contribution in [0.1, 0.15) is 37.2 Å². The van der Waals surface area contributed by atoms with E-state index >= 15 is 0 Å². The monoisotopic (exact) mass is 245 g/mol. The van der Waals surface area contributed by atoms with E-state index < -0.39 is 0 Å². The lowest BCUT2D eigenvalue weighted by Gasteiger charge is -2.09. The summed E-state index contributed by atoms with van der Waals surface area (Å²) in [5.74, 6) is -0.232. The Labute approximate surface area is 107 Å². The van der Waals surface area contributed by atoms with Gasteiger partial charge in [-0.1, -0.05) is 31.5 Å². The van der Waals surface area contributed by atoms with Gasteiger partial charge >= 0.3 is 5.97 Å². The molecule has 3 nitrogen and oxygen atoms in total. The van der Waals surface area contributed by atoms with E-state index in [0.29, 0.717) is 12.3 Å². The Morgan fingerprint density at radius 2 is 2.06 bits per heavy atom. The van der Waals surface area contributed by atoms with Crippen LogP contribution >= 0.6 is 0 Å². The number of unbranched alkanes of at least 4 members (excludes halogenated alkanes) is 1. The Balaban J connectivity index is 2.46. The number of carbonyl (C=O) groups is 1. The van der Waals surface area contributed by atoms with E-state index in [0.717, 1.165) is 30.3 Å². The molecule has 0 aliphatic rings. The number of hydrogen-bond acceptors (Lipinski definition) is 2. The zero-order valence-electron chi connectivity index (χ0n) is 11.0. The number of carbonyl (C=O) groups excluding carboxylic acids is 1. The average Bonchev–Trinajstić information content (AvgIpc) is 2.75. The second-order valence-electron chi connectivity index (χ2n) is 4.31. The first kappa shape index (κ1) is 12.7. The summed E-state index contributed by atoms with van der Waals surface area (Å²) >= 11 is 0. The van der Waals surface area contributed by atoms with Crippen LogP contribution in [0.3, 0.4) is 0 Å². The molecule has 0 saturated carbocycles. The van der Waals surface area contributed by atoms with E-state index in [-0.39, 0.29) is 5.97 Å². The van der Waals surface area contributed by atoms with Gasteiger partial charge in [-0.05, 0) is 25.5 Å². The van der Waals surface area contributed by atoms with Gasteiger partial charge in [0.25, 0.3) is 0 Å². The van der Waals surface area contributed by atoms with Crippen molar-refractivity contribution in [1.82, 2.24) is 4.57 Å². The number of hydrogen-bond donors (Lipinski definition) is 0. The van der Waals surface area contributed by atoms with E-state index in [1.54, 1.807) is 0 Å². The number of aromatic nitrogens is 1. The highest BCUT2D eigenvalue weighted by molar-refractivity contribution is 5.95. The fourth-order valence-electron chi connectivity index (χ4n) is 2.14. The molecule has 3 heteroatoms. The molecule has 0 aliphatic carbocycles. The molecule has 0 N–H and O–H groups in total. The second kappa shape index (κ2) is 5.71. The molecule has 1 aromatic heterocycles. The van der Waals surface area contributed by atoms with Crippen molar-refractivity contribution in [3.05, 3.63) is 36.0 Å². The molecule has 1 heterocycles. The smallest absolute Gasteiger partial charge is 0.354 e. The van der Waals surface area contributed by atoms with Crippen molar-refractivity contribution in [2.75, 3.05) is 6.61 Å². The highest BCUT2D eigenvalue weighted by Crippen LogP contribution is 2.21. The Kier molecular flexibility index (Phi) is 4.03. The minimum Gasteiger partial charge on any atom is -0.461 e. The van der Waals surface area contributed by atoms with Gasteiger partial charge in [-0.2, -0.15) is 0 Å². The third-order valence-electron chi connectivity index (χ3n) is 3.03. The fourth-order valence-corrected chi connectivity index (χ4v) is 2.14. The Hall–Kier alpha value is -1.77. The second-order valence-corrected chi connectivity index (χ2v) is 4.31. The molecule has 0 bridgehead atoms. The lowest BCUT2D eigenvalue weighted by molar-refractivity contribution is 0.0514. The van der Waals surface area contributed by atoms with Crippen molar-refractivity contribution in [1.29, 1.82) is 0 Å². The molecular weight excluding hydrogens is 226 g/mol. The Bertz CT molecular complexity index is 542. The summed E-state index contributed by atoms with van der Waals surface area (Å²) in [6, 6.07) is 9.98. The number of aryl methyl sites for hydroxylation is 1. The van der Waals surface area contributed by atoms with Crippen molar-refractivity contribution in [2.45, 2.75) is 33.2 Å². The van der Waals surface area contributed by atoms with Crippen molar-refractivity contribution < 1.29 is 9.53 Å². The summed E-state index contributed by atoms with van der Waals surface area (Å²) in [7, 11) is 0. The van der Waals surface area contributed by atoms with Crippen molar-refractivity contribution >= 4 is 16.9 Å². The molecule has 0 aliphatic heterocycles. The standard InChI is InChI=1S/C15H19NO2/c1-3-5-10-16-13-9-7-6-8-12(13)11-14(16)15(17)18-4-2/h6-9,11H,3-5,10H2,1-2H3. The molecule has 0 radical (unpaired) electrons. The zero-order valence-corrected chi connectivity index (χ0v) is 11.0. The van der Waals surface area contributed by atoms with Gasteiger partial charge in [0.15, 0.2) is 0 Å². The quantitative estimate of drug-likeness (QED) is 0.753. The molecule has 0 atom stereocenters. The Morgan fingerprint density at radius 3 is 2.78 bits per heavy atom. The lowest BCUT2D eigenvalue weighted by Crippen LogP contribution is -2.12. The maximum absolute atomic E-state index is 12.0. The minimum atomic E-state index is -0.232. The fraction of sp³-hybridized carbons (Fsp3) is 0.400.